The molecule has 0 saturated carbocycles. The van der Waals surface area contributed by atoms with Crippen molar-refractivity contribution in [3.63, 3.8) is 0 Å². The maximum atomic E-state index is 13.4. The van der Waals surface area contributed by atoms with Gasteiger partial charge in [0.25, 0.3) is 0 Å². The molecule has 6 atom stereocenters. The molecule has 2 aromatic rings. The lowest BCUT2D eigenvalue weighted by Crippen LogP contribution is -2.54. The minimum Gasteiger partial charge on any atom is -0.478 e. The number of amides is 5. The second-order valence-electron chi connectivity index (χ2n) is 15.0. The lowest BCUT2D eigenvalue weighted by Gasteiger charge is -2.29. The first-order chi connectivity index (χ1) is 25.4. The minimum absolute atomic E-state index is 0.0469. The third-order valence-corrected chi connectivity index (χ3v) is 8.75. The summed E-state index contributed by atoms with van der Waals surface area (Å²) >= 11 is 0. The average Bonchev–Trinajstić information content (AvgIpc) is 3.08. The molecule has 298 valence electrons. The number of carbonyl (C=O) groups excluding carboxylic acids is 5. The number of aliphatic hydroxyl groups excluding tert-OH is 2. The number of aliphatic hydroxyl groups is 2. The SMILES string of the molecule is CC(=O)N[C@@H](CC(C)C)C(=O)N[C@@H](CC(C)C)[C@@H](O)CC(=O)N[C@@H](Cc1ccccc1)[C@@H](O)CC(=O)N[C@H](C(=O)NCc1ccc(C(=O)O)cc1)C(C)C. The summed E-state index contributed by atoms with van der Waals surface area (Å²) in [5, 5.41) is 45.3. The second kappa shape index (κ2) is 22.4. The van der Waals surface area contributed by atoms with Gasteiger partial charge in [0.2, 0.25) is 29.5 Å². The van der Waals surface area contributed by atoms with Gasteiger partial charge in [0.15, 0.2) is 0 Å². The Bertz CT molecular complexity index is 1530. The van der Waals surface area contributed by atoms with Crippen LogP contribution in [0.4, 0.5) is 0 Å². The van der Waals surface area contributed by atoms with Crippen LogP contribution in [0.25, 0.3) is 0 Å². The van der Waals surface area contributed by atoms with Crippen LogP contribution in [-0.2, 0) is 36.9 Å². The van der Waals surface area contributed by atoms with E-state index in [4.69, 9.17) is 5.11 Å². The molecule has 0 heterocycles. The van der Waals surface area contributed by atoms with Crippen molar-refractivity contribution in [1.82, 2.24) is 26.6 Å². The van der Waals surface area contributed by atoms with Gasteiger partial charge < -0.3 is 41.9 Å². The Hall–Kier alpha value is -4.82. The fourth-order valence-corrected chi connectivity index (χ4v) is 5.96. The van der Waals surface area contributed by atoms with Crippen molar-refractivity contribution in [1.29, 1.82) is 0 Å². The maximum absolute atomic E-state index is 13.4. The summed E-state index contributed by atoms with van der Waals surface area (Å²) in [5.74, 6) is -3.75. The zero-order chi connectivity index (χ0) is 40.5. The monoisotopic (exact) mass is 753 g/mol. The summed E-state index contributed by atoms with van der Waals surface area (Å²) < 4.78 is 0. The number of carbonyl (C=O) groups is 6. The topological polar surface area (TPSA) is 223 Å². The highest BCUT2D eigenvalue weighted by Crippen LogP contribution is 2.15. The van der Waals surface area contributed by atoms with Crippen molar-refractivity contribution in [3.05, 3.63) is 71.3 Å². The van der Waals surface area contributed by atoms with Gasteiger partial charge in [0, 0.05) is 13.5 Å². The predicted molar refractivity (Wildman–Crippen MR) is 204 cm³/mol. The van der Waals surface area contributed by atoms with Crippen LogP contribution < -0.4 is 26.6 Å². The Morgan fingerprint density at radius 2 is 1.19 bits per heavy atom. The zero-order valence-corrected chi connectivity index (χ0v) is 32.4. The van der Waals surface area contributed by atoms with Gasteiger partial charge in [-0.1, -0.05) is 84.0 Å². The third-order valence-electron chi connectivity index (χ3n) is 8.75. The molecule has 2 rings (SSSR count). The Balaban J connectivity index is 2.14. The van der Waals surface area contributed by atoms with Crippen LogP contribution >= 0.6 is 0 Å². The molecule has 14 heteroatoms. The first kappa shape index (κ1) is 45.3. The van der Waals surface area contributed by atoms with E-state index in [9.17, 15) is 39.0 Å². The van der Waals surface area contributed by atoms with E-state index in [1.807, 2.05) is 45.9 Å². The number of nitrogens with one attached hydrogen (secondary N) is 5. The largest absolute Gasteiger partial charge is 0.478 e. The van der Waals surface area contributed by atoms with Crippen molar-refractivity contribution in [3.8, 4) is 0 Å². The summed E-state index contributed by atoms with van der Waals surface area (Å²) in [6.45, 7) is 12.6. The van der Waals surface area contributed by atoms with Gasteiger partial charge in [0.1, 0.15) is 12.1 Å². The van der Waals surface area contributed by atoms with Crippen LogP contribution in [0, 0.1) is 17.8 Å². The number of benzene rings is 2. The van der Waals surface area contributed by atoms with Gasteiger partial charge in [0.05, 0.1) is 42.7 Å². The Morgan fingerprint density at radius 1 is 0.630 bits per heavy atom. The Labute approximate surface area is 318 Å². The van der Waals surface area contributed by atoms with E-state index in [0.29, 0.717) is 18.4 Å². The molecule has 0 aromatic heterocycles. The third kappa shape index (κ3) is 16.5. The van der Waals surface area contributed by atoms with E-state index < -0.39 is 78.8 Å². The summed E-state index contributed by atoms with van der Waals surface area (Å²) in [4.78, 5) is 75.8. The van der Waals surface area contributed by atoms with Crippen molar-refractivity contribution in [2.24, 2.45) is 17.8 Å². The number of hydrogen-bond donors (Lipinski definition) is 8. The number of aromatic carboxylic acids is 1. The lowest BCUT2D eigenvalue weighted by molar-refractivity contribution is -0.132. The van der Waals surface area contributed by atoms with E-state index >= 15 is 0 Å². The van der Waals surface area contributed by atoms with Crippen molar-refractivity contribution < 1.29 is 44.1 Å². The summed E-state index contributed by atoms with van der Waals surface area (Å²) in [7, 11) is 0. The molecule has 0 radical (unpaired) electrons. The van der Waals surface area contributed by atoms with Crippen molar-refractivity contribution >= 4 is 35.5 Å². The quantitative estimate of drug-likeness (QED) is 0.0884. The first-order valence-corrected chi connectivity index (χ1v) is 18.5. The smallest absolute Gasteiger partial charge is 0.335 e. The highest BCUT2D eigenvalue weighted by atomic mass is 16.4. The molecular weight excluding hydrogens is 694 g/mol. The van der Waals surface area contributed by atoms with Crippen LogP contribution in [0.1, 0.15) is 95.6 Å². The van der Waals surface area contributed by atoms with Crippen molar-refractivity contribution in [2.75, 3.05) is 0 Å². The lowest BCUT2D eigenvalue weighted by atomic mass is 9.95. The van der Waals surface area contributed by atoms with E-state index in [-0.39, 0.29) is 42.2 Å². The van der Waals surface area contributed by atoms with Crippen molar-refractivity contribution in [2.45, 2.75) is 123 Å². The van der Waals surface area contributed by atoms with Gasteiger partial charge in [-0.3, -0.25) is 24.0 Å². The summed E-state index contributed by atoms with van der Waals surface area (Å²) in [5.41, 5.74) is 1.56. The standard InChI is InChI=1S/C40H59N5O9/c1-23(2)17-30(44-38(51)32(18-24(3)4)42-26(7)46)33(47)20-35(49)43-31(19-27-11-9-8-10-12-27)34(48)21-36(50)45-37(25(5)6)39(52)41-22-28-13-15-29(16-14-28)40(53)54/h8-16,23-25,30-34,37,47-48H,17-22H2,1-7H3,(H,41,52)(H,42,46)(H,43,49)(H,44,51)(H,45,50)(H,53,54)/t30-,31-,32-,33-,34-,37-/m0/s1. The predicted octanol–water partition coefficient (Wildman–Crippen LogP) is 2.45. The maximum Gasteiger partial charge on any atom is 0.335 e. The molecule has 5 amide bonds. The van der Waals surface area contributed by atoms with Gasteiger partial charge >= 0.3 is 5.97 Å². The zero-order valence-electron chi connectivity index (χ0n) is 32.4. The van der Waals surface area contributed by atoms with Gasteiger partial charge in [-0.25, -0.2) is 4.79 Å². The molecule has 0 aliphatic heterocycles. The van der Waals surface area contributed by atoms with Crippen LogP contribution in [0.15, 0.2) is 54.6 Å². The highest BCUT2D eigenvalue weighted by molar-refractivity contribution is 5.89. The first-order valence-electron chi connectivity index (χ1n) is 18.5. The van der Waals surface area contributed by atoms with E-state index in [1.165, 1.54) is 19.1 Å². The molecule has 0 aliphatic carbocycles. The molecule has 14 nitrogen and oxygen atoms in total. The van der Waals surface area contributed by atoms with Crippen LogP contribution in [0.2, 0.25) is 0 Å². The van der Waals surface area contributed by atoms with Crippen LogP contribution in [-0.4, -0.2) is 87.2 Å². The molecular formula is C40H59N5O9. The highest BCUT2D eigenvalue weighted by Gasteiger charge is 2.32. The molecule has 0 fully saturated rings. The summed E-state index contributed by atoms with van der Waals surface area (Å²) in [6.07, 6.45) is -2.64. The summed E-state index contributed by atoms with van der Waals surface area (Å²) in [6, 6.07) is 11.6. The molecule has 0 saturated heterocycles. The van der Waals surface area contributed by atoms with E-state index in [2.05, 4.69) is 26.6 Å². The molecule has 0 spiro atoms. The molecule has 54 heavy (non-hydrogen) atoms. The molecule has 2 aromatic carbocycles. The van der Waals surface area contributed by atoms with Crippen LogP contribution in [0.3, 0.4) is 0 Å². The fourth-order valence-electron chi connectivity index (χ4n) is 5.96. The number of rotatable bonds is 22. The van der Waals surface area contributed by atoms with Crippen LogP contribution in [0.5, 0.6) is 0 Å². The molecule has 0 aliphatic rings. The number of carboxylic acids is 1. The molecule has 0 unspecified atom stereocenters. The van der Waals surface area contributed by atoms with E-state index in [1.54, 1.807) is 38.1 Å². The van der Waals surface area contributed by atoms with Gasteiger partial charge in [-0.15, -0.1) is 0 Å². The normalized spacial score (nSPS) is 14.7. The second-order valence-corrected chi connectivity index (χ2v) is 15.0. The Kier molecular flexibility index (Phi) is 18.8. The van der Waals surface area contributed by atoms with Gasteiger partial charge in [-0.05, 0) is 60.3 Å². The average molecular weight is 754 g/mol. The number of hydrogen-bond acceptors (Lipinski definition) is 8. The van der Waals surface area contributed by atoms with E-state index in [0.717, 1.165) is 5.56 Å². The number of carboxylic acid groups (broad SMARTS) is 1. The molecule has 8 N–H and O–H groups in total. The minimum atomic E-state index is -1.38. The molecule has 0 bridgehead atoms. The fraction of sp³-hybridized carbons (Fsp3) is 0.550. The van der Waals surface area contributed by atoms with Gasteiger partial charge in [-0.2, -0.15) is 0 Å². The Morgan fingerprint density at radius 3 is 1.70 bits per heavy atom.